The van der Waals surface area contributed by atoms with E-state index in [0.717, 1.165) is 36.2 Å². The van der Waals surface area contributed by atoms with Gasteiger partial charge in [-0.2, -0.15) is 0 Å². The van der Waals surface area contributed by atoms with Gasteiger partial charge in [0.2, 0.25) is 5.91 Å². The molecule has 3 nitrogen and oxygen atoms in total. The van der Waals surface area contributed by atoms with E-state index in [2.05, 4.69) is 5.32 Å². The van der Waals surface area contributed by atoms with Gasteiger partial charge in [0.15, 0.2) is 0 Å². The van der Waals surface area contributed by atoms with Gasteiger partial charge in [-0.05, 0) is 61.2 Å². The van der Waals surface area contributed by atoms with Crippen molar-refractivity contribution in [1.82, 2.24) is 5.32 Å². The molecule has 0 saturated carbocycles. The zero-order valence-electron chi connectivity index (χ0n) is 13.6. The highest BCUT2D eigenvalue weighted by Gasteiger charge is 2.20. The average molecular weight is 330 g/mol. The molecule has 1 heterocycles. The lowest BCUT2D eigenvalue weighted by Crippen LogP contribution is -2.40. The Kier molecular flexibility index (Phi) is 4.79. The third kappa shape index (κ3) is 3.72. The van der Waals surface area contributed by atoms with E-state index in [-0.39, 0.29) is 30.1 Å². The zero-order valence-corrected chi connectivity index (χ0v) is 13.6. The number of anilines is 1. The monoisotopic (exact) mass is 330 g/mol. The molecular formula is C19H20F2N2O. The quantitative estimate of drug-likeness (QED) is 0.929. The van der Waals surface area contributed by atoms with Gasteiger partial charge in [-0.3, -0.25) is 4.79 Å². The number of aryl methyl sites for hydroxylation is 1. The molecular weight excluding hydrogens is 310 g/mol. The number of hydrogen-bond donors (Lipinski definition) is 1. The van der Waals surface area contributed by atoms with Crippen LogP contribution >= 0.6 is 0 Å². The highest BCUT2D eigenvalue weighted by atomic mass is 19.1. The van der Waals surface area contributed by atoms with Crippen molar-refractivity contribution in [2.24, 2.45) is 0 Å². The Morgan fingerprint density at radius 2 is 1.88 bits per heavy atom. The van der Waals surface area contributed by atoms with Crippen molar-refractivity contribution in [3.63, 3.8) is 0 Å². The van der Waals surface area contributed by atoms with Gasteiger partial charge in [-0.1, -0.05) is 12.1 Å². The predicted octanol–water partition coefficient (Wildman–Crippen LogP) is 3.59. The van der Waals surface area contributed by atoms with Crippen molar-refractivity contribution in [3.8, 4) is 0 Å². The minimum absolute atomic E-state index is 0.107. The summed E-state index contributed by atoms with van der Waals surface area (Å²) in [7, 11) is 0. The third-order valence-electron chi connectivity index (χ3n) is 4.34. The second-order valence-corrected chi connectivity index (χ2v) is 6.14. The maximum Gasteiger partial charge on any atom is 0.239 e. The number of halogens is 2. The summed E-state index contributed by atoms with van der Waals surface area (Å²) in [4.78, 5) is 14.3. The van der Waals surface area contributed by atoms with Crippen LogP contribution in [0.2, 0.25) is 0 Å². The molecule has 0 spiro atoms. The third-order valence-corrected chi connectivity index (χ3v) is 4.34. The molecule has 0 saturated heterocycles. The molecule has 126 valence electrons. The summed E-state index contributed by atoms with van der Waals surface area (Å²) in [5.41, 5.74) is 2.72. The van der Waals surface area contributed by atoms with E-state index in [0.29, 0.717) is 0 Å². The molecule has 1 amide bonds. The van der Waals surface area contributed by atoms with Crippen LogP contribution in [0.5, 0.6) is 0 Å². The first-order valence-electron chi connectivity index (χ1n) is 8.11. The average Bonchev–Trinajstić information content (AvgIpc) is 2.55. The number of fused-ring (bicyclic) bond motifs is 1. The first-order valence-corrected chi connectivity index (χ1v) is 8.11. The lowest BCUT2D eigenvalue weighted by atomic mass is 10.0. The second-order valence-electron chi connectivity index (χ2n) is 6.14. The molecule has 2 aromatic carbocycles. The number of amides is 1. The fourth-order valence-corrected chi connectivity index (χ4v) is 3.10. The fraction of sp³-hybridized carbons (Fsp3) is 0.316. The van der Waals surface area contributed by atoms with E-state index in [9.17, 15) is 13.6 Å². The molecule has 1 N–H and O–H groups in total. The highest BCUT2D eigenvalue weighted by Crippen LogP contribution is 2.27. The van der Waals surface area contributed by atoms with Crippen molar-refractivity contribution in [1.29, 1.82) is 0 Å². The largest absolute Gasteiger partial charge is 0.362 e. The maximum absolute atomic E-state index is 13.3. The molecule has 0 bridgehead atoms. The zero-order chi connectivity index (χ0) is 17.1. The van der Waals surface area contributed by atoms with E-state index >= 15 is 0 Å². The highest BCUT2D eigenvalue weighted by molar-refractivity contribution is 5.82. The second kappa shape index (κ2) is 6.99. The van der Waals surface area contributed by atoms with Gasteiger partial charge in [-0.15, -0.1) is 0 Å². The van der Waals surface area contributed by atoms with Crippen LogP contribution in [0.25, 0.3) is 0 Å². The predicted molar refractivity (Wildman–Crippen MR) is 89.9 cm³/mol. The number of nitrogens with zero attached hydrogens (tertiary/aromatic N) is 1. The molecule has 24 heavy (non-hydrogen) atoms. The van der Waals surface area contributed by atoms with Crippen molar-refractivity contribution < 1.29 is 13.6 Å². The lowest BCUT2D eigenvalue weighted by molar-refractivity contribution is -0.120. The molecule has 1 aliphatic rings. The van der Waals surface area contributed by atoms with Gasteiger partial charge in [0.1, 0.15) is 11.6 Å². The van der Waals surface area contributed by atoms with Crippen LogP contribution in [-0.4, -0.2) is 19.0 Å². The Labute approximate surface area is 140 Å². The Morgan fingerprint density at radius 1 is 1.17 bits per heavy atom. The van der Waals surface area contributed by atoms with Crippen LogP contribution in [-0.2, 0) is 11.2 Å². The first kappa shape index (κ1) is 16.4. The molecule has 0 fully saturated rings. The summed E-state index contributed by atoms with van der Waals surface area (Å²) in [6.45, 7) is 2.87. The van der Waals surface area contributed by atoms with Crippen LogP contribution in [0.1, 0.15) is 30.5 Å². The molecule has 0 aromatic heterocycles. The topological polar surface area (TPSA) is 32.3 Å². The standard InChI is InChI=1S/C19H20F2N2O/c1-13(14-4-6-16(20)7-5-14)22-19(24)12-23-10-2-3-15-11-17(21)8-9-18(15)23/h4-9,11,13H,2-3,10,12H2,1H3,(H,22,24). The first-order chi connectivity index (χ1) is 11.5. The van der Waals surface area contributed by atoms with Crippen LogP contribution < -0.4 is 10.2 Å². The van der Waals surface area contributed by atoms with E-state index in [1.807, 2.05) is 11.8 Å². The smallest absolute Gasteiger partial charge is 0.239 e. The van der Waals surface area contributed by atoms with Gasteiger partial charge in [0, 0.05) is 12.2 Å². The molecule has 1 atom stereocenters. The SMILES string of the molecule is CC(NC(=O)CN1CCCc2cc(F)ccc21)c1ccc(F)cc1. The van der Waals surface area contributed by atoms with Crippen molar-refractivity contribution >= 4 is 11.6 Å². The molecule has 1 aliphatic heterocycles. The van der Waals surface area contributed by atoms with Gasteiger partial charge in [0.05, 0.1) is 12.6 Å². The number of carbonyl (C=O) groups excluding carboxylic acids is 1. The summed E-state index contributed by atoms with van der Waals surface area (Å²) < 4.78 is 26.3. The van der Waals surface area contributed by atoms with Gasteiger partial charge in [-0.25, -0.2) is 8.78 Å². The normalized spacial score (nSPS) is 14.9. The van der Waals surface area contributed by atoms with E-state index in [1.165, 1.54) is 18.2 Å². The Morgan fingerprint density at radius 3 is 2.62 bits per heavy atom. The van der Waals surface area contributed by atoms with Crippen LogP contribution in [0.4, 0.5) is 14.5 Å². The Bertz CT molecular complexity index is 731. The molecule has 0 radical (unpaired) electrons. The van der Waals surface area contributed by atoms with Crippen molar-refractivity contribution in [3.05, 3.63) is 65.2 Å². The number of hydrogen-bond acceptors (Lipinski definition) is 2. The number of rotatable bonds is 4. The Balaban J connectivity index is 1.64. The Hall–Kier alpha value is -2.43. The van der Waals surface area contributed by atoms with Gasteiger partial charge < -0.3 is 10.2 Å². The van der Waals surface area contributed by atoms with Crippen LogP contribution in [0.15, 0.2) is 42.5 Å². The molecule has 3 rings (SSSR count). The van der Waals surface area contributed by atoms with E-state index in [4.69, 9.17) is 0 Å². The number of nitrogens with one attached hydrogen (secondary N) is 1. The molecule has 2 aromatic rings. The fourth-order valence-electron chi connectivity index (χ4n) is 3.10. The van der Waals surface area contributed by atoms with Gasteiger partial charge in [0.25, 0.3) is 0 Å². The van der Waals surface area contributed by atoms with E-state index < -0.39 is 0 Å². The molecule has 1 unspecified atom stereocenters. The van der Waals surface area contributed by atoms with Gasteiger partial charge >= 0.3 is 0 Å². The minimum atomic E-state index is -0.297. The summed E-state index contributed by atoms with van der Waals surface area (Å²) >= 11 is 0. The number of benzene rings is 2. The summed E-state index contributed by atoms with van der Waals surface area (Å²) in [6, 6.07) is 10.6. The van der Waals surface area contributed by atoms with Crippen molar-refractivity contribution in [2.45, 2.75) is 25.8 Å². The maximum atomic E-state index is 13.3. The minimum Gasteiger partial charge on any atom is -0.362 e. The summed E-state index contributed by atoms with van der Waals surface area (Å²) in [5.74, 6) is -0.650. The van der Waals surface area contributed by atoms with Crippen molar-refractivity contribution in [2.75, 3.05) is 18.0 Å². The van der Waals surface area contributed by atoms with E-state index in [1.54, 1.807) is 24.3 Å². The van der Waals surface area contributed by atoms with Crippen LogP contribution in [0, 0.1) is 11.6 Å². The lowest BCUT2D eigenvalue weighted by Gasteiger charge is -2.31. The van der Waals surface area contributed by atoms with Crippen LogP contribution in [0.3, 0.4) is 0 Å². The summed E-state index contributed by atoms with van der Waals surface area (Å²) in [5, 5.41) is 2.93. The molecule has 0 aliphatic carbocycles. The summed E-state index contributed by atoms with van der Waals surface area (Å²) in [6.07, 6.45) is 1.73. The number of carbonyl (C=O) groups is 1. The molecule has 5 heteroatoms.